The molecule has 0 fully saturated rings. The van der Waals surface area contributed by atoms with E-state index in [1.165, 1.54) is 0 Å². The van der Waals surface area contributed by atoms with Crippen molar-refractivity contribution in [3.05, 3.63) is 163 Å². The molecule has 12 rings (SSSR count). The van der Waals surface area contributed by atoms with Gasteiger partial charge >= 0.3 is 21.1 Å². The summed E-state index contributed by atoms with van der Waals surface area (Å²) >= 11 is 0. The van der Waals surface area contributed by atoms with Crippen LogP contribution in [0.25, 0.3) is 94.6 Å². The third-order valence-electron chi connectivity index (χ3n) is 10.5. The summed E-state index contributed by atoms with van der Waals surface area (Å²) in [6.45, 7) is 0. The van der Waals surface area contributed by atoms with E-state index in [4.69, 9.17) is 9.97 Å². The van der Waals surface area contributed by atoms with Gasteiger partial charge in [0.15, 0.2) is 0 Å². The quantitative estimate of drug-likeness (QED) is 0.166. The molecule has 0 bridgehead atoms. The number of para-hydroxylation sites is 8. The van der Waals surface area contributed by atoms with Crippen LogP contribution < -0.4 is 0 Å². The van der Waals surface area contributed by atoms with Crippen LogP contribution in [0.2, 0.25) is 0 Å². The molecule has 254 valence electrons. The SMILES string of the molecule is N#Cc1ccc2c(c1)c1ccc(-n3c4ccccc4n4c5ccccc5nc34)[c-]c1n2-c1[c-]c(-n2c3ccccc3n3c4ccccc4nc23)ccc1.[Pt+2]. The van der Waals surface area contributed by atoms with Crippen LogP contribution in [0.15, 0.2) is 146 Å². The molecule has 54 heavy (non-hydrogen) atoms. The minimum absolute atomic E-state index is 0. The standard InChI is InChI=1S/C45H24N8.Pt/c46-27-28-20-23-36-33(24-28)32-22-21-31(51-40-17-6-8-19-42(40)53-38-15-4-2-13-35(38)48-45(51)53)26-43(32)49(36)29-10-9-11-30(25-29)50-39-16-5-7-18-41(39)52-37-14-3-1-12-34(37)47-44(50)52;/h1-24H;/q-2;+2. The number of aromatic nitrogens is 7. The molecule has 0 N–H and O–H groups in total. The number of nitrogens with zero attached hydrogens (tertiary/aromatic N) is 8. The van der Waals surface area contributed by atoms with E-state index in [9.17, 15) is 5.26 Å². The number of hydrogen-bond donors (Lipinski definition) is 0. The Bertz CT molecular complexity index is 3550. The first kappa shape index (κ1) is 30.7. The Kier molecular flexibility index (Phi) is 6.40. The van der Waals surface area contributed by atoms with Gasteiger partial charge in [-0.05, 0) is 72.1 Å². The largest absolute Gasteiger partial charge is 2.00 e. The van der Waals surface area contributed by atoms with Gasteiger partial charge in [0.25, 0.3) is 0 Å². The van der Waals surface area contributed by atoms with Gasteiger partial charge in [0.1, 0.15) is 0 Å². The van der Waals surface area contributed by atoms with Crippen LogP contribution in [0, 0.1) is 23.5 Å². The van der Waals surface area contributed by atoms with E-state index in [2.05, 4.69) is 156 Å². The van der Waals surface area contributed by atoms with Gasteiger partial charge in [-0.3, -0.25) is 8.80 Å². The molecule has 0 amide bonds. The number of benzene rings is 7. The van der Waals surface area contributed by atoms with Gasteiger partial charge in [0.2, 0.25) is 11.6 Å². The Morgan fingerprint density at radius 2 is 0.963 bits per heavy atom. The van der Waals surface area contributed by atoms with Crippen molar-refractivity contribution in [3.8, 4) is 23.1 Å². The summed E-state index contributed by atoms with van der Waals surface area (Å²) in [7, 11) is 0. The van der Waals surface area contributed by atoms with E-state index in [1.54, 1.807) is 0 Å². The summed E-state index contributed by atoms with van der Waals surface area (Å²) in [4.78, 5) is 10.2. The van der Waals surface area contributed by atoms with Gasteiger partial charge in [-0.15, -0.1) is 35.7 Å². The van der Waals surface area contributed by atoms with Crippen molar-refractivity contribution in [3.63, 3.8) is 0 Å². The van der Waals surface area contributed by atoms with E-state index >= 15 is 0 Å². The van der Waals surface area contributed by atoms with Crippen LogP contribution in [-0.4, -0.2) is 32.5 Å². The van der Waals surface area contributed by atoms with Gasteiger partial charge in [0.05, 0.1) is 55.8 Å². The molecule has 5 heterocycles. The first-order valence-electron chi connectivity index (χ1n) is 17.4. The summed E-state index contributed by atoms with van der Waals surface area (Å²) in [5.74, 6) is 1.65. The van der Waals surface area contributed by atoms with Gasteiger partial charge in [0, 0.05) is 5.52 Å². The van der Waals surface area contributed by atoms with E-state index in [-0.39, 0.29) is 21.1 Å². The van der Waals surface area contributed by atoms with Crippen molar-refractivity contribution in [1.82, 2.24) is 32.5 Å². The van der Waals surface area contributed by atoms with Crippen molar-refractivity contribution in [2.45, 2.75) is 0 Å². The Labute approximate surface area is 321 Å². The molecule has 0 atom stereocenters. The maximum absolute atomic E-state index is 9.90. The summed E-state index contributed by atoms with van der Waals surface area (Å²) in [6.07, 6.45) is 0. The van der Waals surface area contributed by atoms with Crippen molar-refractivity contribution in [2.75, 3.05) is 0 Å². The summed E-state index contributed by atoms with van der Waals surface area (Å²) in [5, 5.41) is 11.9. The van der Waals surface area contributed by atoms with Crippen molar-refractivity contribution < 1.29 is 21.1 Å². The molecule has 0 saturated carbocycles. The molecule has 0 saturated heterocycles. The zero-order valence-electron chi connectivity index (χ0n) is 28.3. The van der Waals surface area contributed by atoms with Crippen LogP contribution >= 0.6 is 0 Å². The average Bonchev–Trinajstić information content (AvgIpc) is 4.00. The summed E-state index contributed by atoms with van der Waals surface area (Å²) < 4.78 is 11.0. The Morgan fingerprint density at radius 1 is 0.444 bits per heavy atom. The third-order valence-corrected chi connectivity index (χ3v) is 10.5. The second-order valence-corrected chi connectivity index (χ2v) is 13.3. The fourth-order valence-electron chi connectivity index (χ4n) is 8.27. The molecular weight excluding hydrogens is 848 g/mol. The number of rotatable bonds is 3. The monoisotopic (exact) mass is 871 g/mol. The number of fused-ring (bicyclic) bond motifs is 13. The van der Waals surface area contributed by atoms with Gasteiger partial charge in [-0.25, -0.2) is 9.97 Å². The van der Waals surface area contributed by atoms with Gasteiger partial charge in [-0.2, -0.15) is 17.4 Å². The van der Waals surface area contributed by atoms with Crippen LogP contribution in [0.1, 0.15) is 5.56 Å². The Morgan fingerprint density at radius 3 is 1.56 bits per heavy atom. The molecule has 0 spiro atoms. The van der Waals surface area contributed by atoms with Crippen molar-refractivity contribution in [2.24, 2.45) is 0 Å². The molecule has 0 aliphatic heterocycles. The molecule has 9 heteroatoms. The predicted molar refractivity (Wildman–Crippen MR) is 209 cm³/mol. The Balaban J connectivity index is 0.00000341. The van der Waals surface area contributed by atoms with E-state index in [0.717, 1.165) is 94.6 Å². The van der Waals surface area contributed by atoms with E-state index < -0.39 is 0 Å². The molecule has 0 aliphatic rings. The Hall–Kier alpha value is -6.94. The van der Waals surface area contributed by atoms with E-state index in [0.29, 0.717) is 5.56 Å². The molecular formula is C45H24N8Pt. The third kappa shape index (κ3) is 4.04. The first-order valence-corrected chi connectivity index (χ1v) is 17.4. The normalized spacial score (nSPS) is 11.9. The zero-order valence-corrected chi connectivity index (χ0v) is 30.5. The maximum atomic E-state index is 9.90. The van der Waals surface area contributed by atoms with Gasteiger partial charge in [-0.1, -0.05) is 71.1 Å². The minimum atomic E-state index is 0. The number of nitriles is 1. The second-order valence-electron chi connectivity index (χ2n) is 13.3. The molecule has 0 unspecified atom stereocenters. The second kappa shape index (κ2) is 11.3. The number of hydrogen-bond acceptors (Lipinski definition) is 3. The average molecular weight is 872 g/mol. The maximum Gasteiger partial charge on any atom is 2.00 e. The molecule has 8 nitrogen and oxygen atoms in total. The predicted octanol–water partition coefficient (Wildman–Crippen LogP) is 9.74. The smallest absolute Gasteiger partial charge is 0.358 e. The molecule has 12 aromatic rings. The van der Waals surface area contributed by atoms with Crippen LogP contribution in [0.4, 0.5) is 0 Å². The van der Waals surface area contributed by atoms with Crippen LogP contribution in [-0.2, 0) is 21.1 Å². The topological polar surface area (TPSA) is 73.2 Å². The minimum Gasteiger partial charge on any atom is -0.358 e. The van der Waals surface area contributed by atoms with Crippen LogP contribution in [0.3, 0.4) is 0 Å². The fraction of sp³-hybridized carbons (Fsp3) is 0. The molecule has 0 aliphatic carbocycles. The molecule has 5 aromatic heterocycles. The van der Waals surface area contributed by atoms with Crippen LogP contribution in [0.5, 0.6) is 0 Å². The van der Waals surface area contributed by atoms with E-state index in [1.807, 2.05) is 30.3 Å². The van der Waals surface area contributed by atoms with Crippen molar-refractivity contribution >= 4 is 77.5 Å². The van der Waals surface area contributed by atoms with Crippen molar-refractivity contribution in [1.29, 1.82) is 5.26 Å². The van der Waals surface area contributed by atoms with Gasteiger partial charge < -0.3 is 13.7 Å². The zero-order chi connectivity index (χ0) is 34.8. The molecule has 0 radical (unpaired) electrons. The first-order chi connectivity index (χ1) is 26.2. The molecule has 7 aromatic carbocycles. The summed E-state index contributed by atoms with van der Waals surface area (Å²) in [5.41, 5.74) is 13.2. The summed E-state index contributed by atoms with van der Waals surface area (Å²) in [6, 6.07) is 59.5. The fourth-order valence-corrected chi connectivity index (χ4v) is 8.27. The number of imidazole rings is 4.